The smallest absolute Gasteiger partial charge is 0.264 e. The van der Waals surface area contributed by atoms with Crippen LogP contribution in [-0.4, -0.2) is 40.1 Å². The van der Waals surface area contributed by atoms with Crippen molar-refractivity contribution in [3.8, 4) is 5.75 Å². The standard InChI is InChI=1S/C26H24ClF2N3O4S/c27-21-2-1-3-22(29)25(21)26(33)31-18-8-11-24-23(12-18)32(15-19(36-24)14-30-13-16-4-5-16)37(34,35)20-9-6-17(28)7-10-20/h1-3,6-12,16,19,30H,4-5,13-15H2,(H,31,33). The lowest BCUT2D eigenvalue weighted by molar-refractivity contribution is 0.102. The molecule has 1 unspecified atom stereocenters. The third-order valence-corrected chi connectivity index (χ3v) is 8.35. The minimum Gasteiger partial charge on any atom is -0.485 e. The number of carbonyl (C=O) groups is 1. The van der Waals surface area contributed by atoms with Crippen molar-refractivity contribution in [1.29, 1.82) is 0 Å². The largest absolute Gasteiger partial charge is 0.485 e. The van der Waals surface area contributed by atoms with Crippen LogP contribution in [0.3, 0.4) is 0 Å². The first-order valence-corrected chi connectivity index (χ1v) is 13.6. The molecule has 3 aromatic carbocycles. The summed E-state index contributed by atoms with van der Waals surface area (Å²) in [6.07, 6.45) is 1.89. The molecule has 1 fully saturated rings. The van der Waals surface area contributed by atoms with Gasteiger partial charge in [-0.15, -0.1) is 0 Å². The lowest BCUT2D eigenvalue weighted by atomic mass is 10.1. The molecule has 2 N–H and O–H groups in total. The molecule has 0 saturated heterocycles. The van der Waals surface area contributed by atoms with Crippen LogP contribution in [0.25, 0.3) is 0 Å². The molecule has 5 rings (SSSR count). The van der Waals surface area contributed by atoms with Crippen molar-refractivity contribution in [2.24, 2.45) is 5.92 Å². The van der Waals surface area contributed by atoms with Crippen molar-refractivity contribution in [3.05, 3.63) is 82.9 Å². The maximum Gasteiger partial charge on any atom is 0.264 e. The summed E-state index contributed by atoms with van der Waals surface area (Å²) >= 11 is 6.01. The van der Waals surface area contributed by atoms with E-state index in [1.807, 2.05) is 0 Å². The third kappa shape index (κ3) is 5.56. The lowest BCUT2D eigenvalue weighted by Gasteiger charge is -2.36. The van der Waals surface area contributed by atoms with Crippen LogP contribution in [0.5, 0.6) is 5.75 Å². The fourth-order valence-electron chi connectivity index (χ4n) is 4.14. The van der Waals surface area contributed by atoms with Gasteiger partial charge >= 0.3 is 0 Å². The van der Waals surface area contributed by atoms with Gasteiger partial charge in [-0.25, -0.2) is 17.2 Å². The van der Waals surface area contributed by atoms with E-state index in [2.05, 4.69) is 10.6 Å². The molecule has 1 aliphatic carbocycles. The molecule has 7 nitrogen and oxygen atoms in total. The van der Waals surface area contributed by atoms with Gasteiger partial charge in [0.05, 0.1) is 27.7 Å². The van der Waals surface area contributed by atoms with E-state index in [1.54, 1.807) is 6.07 Å². The average molecular weight is 548 g/mol. The molecule has 194 valence electrons. The van der Waals surface area contributed by atoms with Crippen LogP contribution in [0.15, 0.2) is 65.6 Å². The van der Waals surface area contributed by atoms with E-state index in [0.717, 1.165) is 24.7 Å². The Labute approximate surface area is 218 Å². The van der Waals surface area contributed by atoms with Crippen molar-refractivity contribution in [1.82, 2.24) is 5.32 Å². The molecule has 1 amide bonds. The molecule has 3 aromatic rings. The number of hydrogen-bond acceptors (Lipinski definition) is 5. The zero-order valence-corrected chi connectivity index (χ0v) is 21.2. The fraction of sp³-hybridized carbons (Fsp3) is 0.269. The van der Waals surface area contributed by atoms with E-state index < -0.39 is 33.7 Å². The molecular weight excluding hydrogens is 524 g/mol. The monoisotopic (exact) mass is 547 g/mol. The Kier molecular flexibility index (Phi) is 7.06. The zero-order valence-electron chi connectivity index (χ0n) is 19.6. The summed E-state index contributed by atoms with van der Waals surface area (Å²) in [6, 6.07) is 13.0. The Hall–Kier alpha value is -3.21. The SMILES string of the molecule is O=C(Nc1ccc2c(c1)N(S(=O)(=O)c1ccc(F)cc1)CC(CNCC1CC1)O2)c1c(F)cccc1Cl. The van der Waals surface area contributed by atoms with E-state index in [4.69, 9.17) is 16.3 Å². The molecule has 0 spiro atoms. The number of ether oxygens (including phenoxy) is 1. The van der Waals surface area contributed by atoms with Crippen LogP contribution in [-0.2, 0) is 10.0 Å². The number of benzene rings is 3. The first kappa shape index (κ1) is 25.4. The second-order valence-corrected chi connectivity index (χ2v) is 11.3. The van der Waals surface area contributed by atoms with Gasteiger partial charge in [0.1, 0.15) is 23.5 Å². The van der Waals surface area contributed by atoms with E-state index in [-0.39, 0.29) is 33.4 Å². The maximum absolute atomic E-state index is 14.2. The minimum absolute atomic E-state index is 0.000910. The molecule has 11 heteroatoms. The second kappa shape index (κ2) is 10.3. The quantitative estimate of drug-likeness (QED) is 0.422. The number of anilines is 2. The Morgan fingerprint density at radius 1 is 1.05 bits per heavy atom. The highest BCUT2D eigenvalue weighted by Gasteiger charge is 2.35. The van der Waals surface area contributed by atoms with E-state index in [1.165, 1.54) is 53.5 Å². The van der Waals surface area contributed by atoms with Crippen LogP contribution < -0.4 is 19.7 Å². The molecular formula is C26H24ClF2N3O4S. The van der Waals surface area contributed by atoms with Gasteiger partial charge in [0.15, 0.2) is 0 Å². The number of amides is 1. The number of rotatable bonds is 8. The molecule has 2 aliphatic rings. The average Bonchev–Trinajstić information content (AvgIpc) is 3.68. The molecule has 1 atom stereocenters. The van der Waals surface area contributed by atoms with Crippen LogP contribution in [0.4, 0.5) is 20.2 Å². The van der Waals surface area contributed by atoms with Gasteiger partial charge in [0.25, 0.3) is 15.9 Å². The highest BCUT2D eigenvalue weighted by Crippen LogP contribution is 2.39. The van der Waals surface area contributed by atoms with Crippen molar-refractivity contribution in [3.63, 3.8) is 0 Å². The predicted octanol–water partition coefficient (Wildman–Crippen LogP) is 4.83. The van der Waals surface area contributed by atoms with Crippen molar-refractivity contribution >= 4 is 38.9 Å². The summed E-state index contributed by atoms with van der Waals surface area (Å²) in [6.45, 7) is 1.28. The van der Waals surface area contributed by atoms with Gasteiger partial charge in [0, 0.05) is 12.2 Å². The summed E-state index contributed by atoms with van der Waals surface area (Å²) in [5.74, 6) is -1.18. The molecule has 0 bridgehead atoms. The van der Waals surface area contributed by atoms with Gasteiger partial charge in [-0.05, 0) is 79.9 Å². The summed E-state index contributed by atoms with van der Waals surface area (Å²) in [5.41, 5.74) is 0.0900. The number of carbonyl (C=O) groups excluding carboxylic acids is 1. The van der Waals surface area contributed by atoms with E-state index in [0.29, 0.717) is 18.2 Å². The molecule has 1 saturated carbocycles. The van der Waals surface area contributed by atoms with E-state index >= 15 is 0 Å². The maximum atomic E-state index is 14.2. The second-order valence-electron chi connectivity index (χ2n) is 9.06. The highest BCUT2D eigenvalue weighted by atomic mass is 35.5. The Morgan fingerprint density at radius 3 is 2.51 bits per heavy atom. The van der Waals surface area contributed by atoms with Gasteiger partial charge in [-0.1, -0.05) is 17.7 Å². The Morgan fingerprint density at radius 2 is 1.81 bits per heavy atom. The summed E-state index contributed by atoms with van der Waals surface area (Å²) in [4.78, 5) is 12.7. The first-order valence-electron chi connectivity index (χ1n) is 11.8. The molecule has 0 aromatic heterocycles. The molecule has 37 heavy (non-hydrogen) atoms. The van der Waals surface area contributed by atoms with Gasteiger partial charge < -0.3 is 15.4 Å². The molecule has 1 aliphatic heterocycles. The highest BCUT2D eigenvalue weighted by molar-refractivity contribution is 7.92. The number of nitrogens with one attached hydrogen (secondary N) is 2. The Balaban J connectivity index is 1.46. The van der Waals surface area contributed by atoms with Crippen LogP contribution in [0.1, 0.15) is 23.2 Å². The first-order chi connectivity index (χ1) is 17.7. The van der Waals surface area contributed by atoms with Crippen LogP contribution in [0, 0.1) is 17.6 Å². The number of sulfonamides is 1. The van der Waals surface area contributed by atoms with Gasteiger partial charge in [0.2, 0.25) is 0 Å². The van der Waals surface area contributed by atoms with E-state index in [9.17, 15) is 22.0 Å². The summed E-state index contributed by atoms with van der Waals surface area (Å²) < 4.78 is 62.2. The summed E-state index contributed by atoms with van der Waals surface area (Å²) in [7, 11) is -4.10. The number of nitrogens with zero attached hydrogens (tertiary/aromatic N) is 1. The zero-order chi connectivity index (χ0) is 26.2. The number of fused-ring (bicyclic) bond motifs is 1. The third-order valence-electron chi connectivity index (χ3n) is 6.24. The van der Waals surface area contributed by atoms with Crippen molar-refractivity contribution in [2.75, 3.05) is 29.3 Å². The van der Waals surface area contributed by atoms with Crippen LogP contribution >= 0.6 is 11.6 Å². The lowest BCUT2D eigenvalue weighted by Crippen LogP contribution is -2.47. The van der Waals surface area contributed by atoms with Gasteiger partial charge in [-0.3, -0.25) is 9.10 Å². The Bertz CT molecular complexity index is 1410. The molecule has 0 radical (unpaired) electrons. The van der Waals surface area contributed by atoms with Crippen molar-refractivity contribution < 1.29 is 26.7 Å². The predicted molar refractivity (Wildman–Crippen MR) is 137 cm³/mol. The molecule has 1 heterocycles. The normalized spacial score (nSPS) is 17.2. The minimum atomic E-state index is -4.10. The topological polar surface area (TPSA) is 87.7 Å². The number of hydrogen-bond donors (Lipinski definition) is 2. The number of halogens is 3. The fourth-order valence-corrected chi connectivity index (χ4v) is 5.88. The van der Waals surface area contributed by atoms with Gasteiger partial charge in [-0.2, -0.15) is 0 Å². The van der Waals surface area contributed by atoms with Crippen molar-refractivity contribution in [2.45, 2.75) is 23.8 Å². The summed E-state index contributed by atoms with van der Waals surface area (Å²) in [5, 5.41) is 5.85. The van der Waals surface area contributed by atoms with Crippen LogP contribution in [0.2, 0.25) is 5.02 Å².